The molecule has 0 fully saturated rings. The smallest absolute Gasteiger partial charge is 0.202 e. The monoisotopic (exact) mass is 321 g/mol. The first-order chi connectivity index (χ1) is 11.7. The highest BCUT2D eigenvalue weighted by Gasteiger charge is 2.18. The molecular formula is C17H19N7. The van der Waals surface area contributed by atoms with Crippen LogP contribution in [0.1, 0.15) is 30.8 Å². The number of allylic oxidation sites excluding steroid dienone is 2. The fraction of sp³-hybridized carbons (Fsp3) is 0.353. The lowest BCUT2D eigenvalue weighted by Gasteiger charge is -2.06. The maximum Gasteiger partial charge on any atom is 0.202 e. The van der Waals surface area contributed by atoms with Gasteiger partial charge in [0.25, 0.3) is 0 Å². The summed E-state index contributed by atoms with van der Waals surface area (Å²) in [6.45, 7) is 1.91. The van der Waals surface area contributed by atoms with Crippen molar-refractivity contribution in [1.29, 1.82) is 0 Å². The van der Waals surface area contributed by atoms with Crippen molar-refractivity contribution >= 4 is 0 Å². The van der Waals surface area contributed by atoms with Gasteiger partial charge in [0.2, 0.25) is 5.82 Å². The summed E-state index contributed by atoms with van der Waals surface area (Å²) in [5, 5.41) is 17.2. The average Bonchev–Trinajstić information content (AvgIpc) is 3.30. The van der Waals surface area contributed by atoms with Crippen LogP contribution in [0.15, 0.2) is 36.0 Å². The Kier molecular flexibility index (Phi) is 3.68. The summed E-state index contributed by atoms with van der Waals surface area (Å²) in [6, 6.07) is 5.77. The van der Waals surface area contributed by atoms with Gasteiger partial charge in [-0.25, -0.2) is 4.98 Å². The Morgan fingerprint density at radius 1 is 1.17 bits per heavy atom. The van der Waals surface area contributed by atoms with Crippen LogP contribution < -0.4 is 0 Å². The number of rotatable bonds is 4. The van der Waals surface area contributed by atoms with Crippen LogP contribution in [0.4, 0.5) is 0 Å². The van der Waals surface area contributed by atoms with Crippen molar-refractivity contribution in [2.45, 2.75) is 32.6 Å². The first-order valence-electron chi connectivity index (χ1n) is 8.13. The number of hydrogen-bond donors (Lipinski definition) is 0. The Bertz CT molecular complexity index is 886. The Balaban J connectivity index is 1.78. The molecule has 1 aliphatic carbocycles. The van der Waals surface area contributed by atoms with Crippen LogP contribution in [-0.2, 0) is 13.5 Å². The molecule has 3 aromatic rings. The van der Waals surface area contributed by atoms with E-state index in [-0.39, 0.29) is 0 Å². The summed E-state index contributed by atoms with van der Waals surface area (Å²) in [5.74, 6) is 2.39. The van der Waals surface area contributed by atoms with Gasteiger partial charge in [0, 0.05) is 19.5 Å². The molecule has 7 heteroatoms. The first-order valence-corrected chi connectivity index (χ1v) is 8.13. The fourth-order valence-corrected chi connectivity index (χ4v) is 2.94. The molecule has 4 rings (SSSR count). The molecule has 122 valence electrons. The van der Waals surface area contributed by atoms with E-state index in [9.17, 15) is 0 Å². The largest absolute Gasteiger partial charge is 0.251 e. The Hall–Kier alpha value is -2.83. The van der Waals surface area contributed by atoms with Gasteiger partial charge >= 0.3 is 0 Å². The van der Waals surface area contributed by atoms with Crippen molar-refractivity contribution < 1.29 is 0 Å². The zero-order chi connectivity index (χ0) is 16.5. The number of aromatic nitrogens is 7. The lowest BCUT2D eigenvalue weighted by Crippen LogP contribution is -2.09. The summed E-state index contributed by atoms with van der Waals surface area (Å²) in [7, 11) is 1.90. The molecule has 0 N–H and O–H groups in total. The summed E-state index contributed by atoms with van der Waals surface area (Å²) in [6.07, 6.45) is 8.40. The van der Waals surface area contributed by atoms with Gasteiger partial charge in [-0.1, -0.05) is 11.6 Å². The second-order valence-corrected chi connectivity index (χ2v) is 6.07. The molecule has 0 atom stereocenters. The van der Waals surface area contributed by atoms with E-state index < -0.39 is 0 Å². The van der Waals surface area contributed by atoms with Gasteiger partial charge in [-0.05, 0) is 38.3 Å². The van der Waals surface area contributed by atoms with Crippen LogP contribution in [-0.4, -0.2) is 34.7 Å². The molecule has 0 aliphatic heterocycles. The van der Waals surface area contributed by atoms with Crippen LogP contribution >= 0.6 is 0 Å². The van der Waals surface area contributed by atoms with E-state index >= 15 is 0 Å². The minimum absolute atomic E-state index is 0.595. The van der Waals surface area contributed by atoms with Crippen molar-refractivity contribution in [2.24, 2.45) is 7.05 Å². The lowest BCUT2D eigenvalue weighted by molar-refractivity contribution is 0.678. The van der Waals surface area contributed by atoms with Crippen LogP contribution in [0.3, 0.4) is 0 Å². The minimum atomic E-state index is 0.595. The quantitative estimate of drug-likeness (QED) is 0.690. The van der Waals surface area contributed by atoms with Crippen molar-refractivity contribution in [3.63, 3.8) is 0 Å². The maximum atomic E-state index is 4.74. The molecule has 0 unspecified atom stereocenters. The van der Waals surface area contributed by atoms with E-state index in [1.54, 1.807) is 10.9 Å². The molecule has 0 amide bonds. The van der Waals surface area contributed by atoms with E-state index in [4.69, 9.17) is 4.98 Å². The third-order valence-corrected chi connectivity index (χ3v) is 4.23. The van der Waals surface area contributed by atoms with E-state index in [0.717, 1.165) is 36.6 Å². The highest BCUT2D eigenvalue weighted by atomic mass is 15.4. The van der Waals surface area contributed by atoms with Crippen LogP contribution in [0.5, 0.6) is 0 Å². The molecule has 0 spiro atoms. The van der Waals surface area contributed by atoms with Crippen molar-refractivity contribution in [3.8, 4) is 17.3 Å². The third kappa shape index (κ3) is 2.73. The lowest BCUT2D eigenvalue weighted by atomic mass is 10.1. The predicted molar refractivity (Wildman–Crippen MR) is 89.5 cm³/mol. The Morgan fingerprint density at radius 3 is 2.75 bits per heavy atom. The van der Waals surface area contributed by atoms with E-state index in [1.165, 1.54) is 12.0 Å². The van der Waals surface area contributed by atoms with Crippen molar-refractivity contribution in [1.82, 2.24) is 34.7 Å². The normalized spacial score (nSPS) is 14.2. The molecule has 0 saturated carbocycles. The average molecular weight is 321 g/mol. The van der Waals surface area contributed by atoms with E-state index in [2.05, 4.69) is 26.5 Å². The molecule has 0 bridgehead atoms. The van der Waals surface area contributed by atoms with Gasteiger partial charge in [-0.2, -0.15) is 14.9 Å². The summed E-state index contributed by atoms with van der Waals surface area (Å²) in [4.78, 5) is 4.74. The standard InChI is InChI=1S/C17H19N7/c1-12-7-8-14(21-20-12)17-19-15(11-13-5-3-4-6-13)24(22-17)16-9-10-18-23(16)2/h5,7-10H,3-4,6,11H2,1-2H3. The highest BCUT2D eigenvalue weighted by molar-refractivity contribution is 5.48. The highest BCUT2D eigenvalue weighted by Crippen LogP contribution is 2.23. The number of aryl methyl sites for hydroxylation is 2. The fourth-order valence-electron chi connectivity index (χ4n) is 2.94. The molecule has 0 saturated heterocycles. The maximum absolute atomic E-state index is 4.74. The molecule has 0 aromatic carbocycles. The van der Waals surface area contributed by atoms with Gasteiger partial charge in [-0.3, -0.25) is 4.68 Å². The summed E-state index contributed by atoms with van der Waals surface area (Å²) >= 11 is 0. The van der Waals surface area contributed by atoms with E-state index in [1.807, 2.05) is 36.9 Å². The molecule has 7 nitrogen and oxygen atoms in total. The molecular weight excluding hydrogens is 302 g/mol. The number of hydrogen-bond acceptors (Lipinski definition) is 5. The summed E-state index contributed by atoms with van der Waals surface area (Å²) in [5.41, 5.74) is 2.98. The molecule has 24 heavy (non-hydrogen) atoms. The minimum Gasteiger partial charge on any atom is -0.251 e. The van der Waals surface area contributed by atoms with Gasteiger partial charge in [0.05, 0.1) is 11.9 Å². The Morgan fingerprint density at radius 2 is 2.08 bits per heavy atom. The summed E-state index contributed by atoms with van der Waals surface area (Å²) < 4.78 is 3.66. The zero-order valence-corrected chi connectivity index (χ0v) is 13.8. The van der Waals surface area contributed by atoms with Crippen LogP contribution in [0, 0.1) is 6.92 Å². The van der Waals surface area contributed by atoms with Crippen molar-refractivity contribution in [3.05, 3.63) is 47.6 Å². The van der Waals surface area contributed by atoms with Gasteiger partial charge < -0.3 is 0 Å². The Labute approximate surface area is 140 Å². The molecule has 0 radical (unpaired) electrons. The number of nitrogens with zero attached hydrogens (tertiary/aromatic N) is 7. The molecule has 1 aliphatic rings. The SMILES string of the molecule is Cc1ccc(-c2nc(CC3=CCCC3)n(-c3ccnn3C)n2)nn1. The van der Waals surface area contributed by atoms with Gasteiger partial charge in [0.15, 0.2) is 5.82 Å². The van der Waals surface area contributed by atoms with Crippen molar-refractivity contribution in [2.75, 3.05) is 0 Å². The molecule has 3 aromatic heterocycles. The third-order valence-electron chi connectivity index (χ3n) is 4.23. The van der Waals surface area contributed by atoms with Gasteiger partial charge in [0.1, 0.15) is 11.5 Å². The zero-order valence-electron chi connectivity index (χ0n) is 13.8. The van der Waals surface area contributed by atoms with Crippen LogP contribution in [0.2, 0.25) is 0 Å². The topological polar surface area (TPSA) is 74.3 Å². The van der Waals surface area contributed by atoms with E-state index in [0.29, 0.717) is 11.5 Å². The molecule has 3 heterocycles. The first kappa shape index (κ1) is 14.7. The second-order valence-electron chi connectivity index (χ2n) is 6.07. The van der Waals surface area contributed by atoms with Crippen LogP contribution in [0.25, 0.3) is 17.3 Å². The second kappa shape index (κ2) is 5.99. The van der Waals surface area contributed by atoms with Gasteiger partial charge in [-0.15, -0.1) is 10.2 Å². The predicted octanol–water partition coefficient (Wildman–Crippen LogP) is 2.42.